The maximum Gasteiger partial charge on any atom is 1.00 e. The van der Waals surface area contributed by atoms with Crippen LogP contribution in [0.4, 0.5) is 5.69 Å². The molecule has 1 heterocycles. The van der Waals surface area contributed by atoms with Gasteiger partial charge in [0.25, 0.3) is 7.82 Å². The van der Waals surface area contributed by atoms with Crippen molar-refractivity contribution in [2.24, 2.45) is 0 Å². The van der Waals surface area contributed by atoms with E-state index in [0.717, 1.165) is 16.6 Å². The molecule has 0 bridgehead atoms. The van der Waals surface area contributed by atoms with Gasteiger partial charge in [-0.25, -0.2) is 4.57 Å². The van der Waals surface area contributed by atoms with Gasteiger partial charge in [0.05, 0.1) is 7.82 Å². The summed E-state index contributed by atoms with van der Waals surface area (Å²) in [6.45, 7) is 0. The van der Waals surface area contributed by atoms with E-state index in [-0.39, 0.29) is 88.7 Å². The number of aromatic nitrogens is 1. The van der Waals surface area contributed by atoms with Gasteiger partial charge < -0.3 is 49.5 Å². The van der Waals surface area contributed by atoms with Crippen LogP contribution >= 0.6 is 23.5 Å². The molecule has 0 saturated carbocycles. The van der Waals surface area contributed by atoms with E-state index >= 15 is 0 Å². The Morgan fingerprint density at radius 1 is 0.926 bits per heavy atom. The topological polar surface area (TPSA) is 252 Å². The van der Waals surface area contributed by atoms with Gasteiger partial charge in [-0.2, -0.15) is 0 Å². The SMILES string of the molecule is Nc1cccc2[nH]ccc12.O=P(O)(O)O.O=P([O-])([O-])OP(=O)([O-])O.[Na+].[Na+].[Na+]. The summed E-state index contributed by atoms with van der Waals surface area (Å²) in [6, 6.07) is 7.82. The summed E-state index contributed by atoms with van der Waals surface area (Å²) in [7, 11) is -15.7. The van der Waals surface area contributed by atoms with E-state index in [1.165, 1.54) is 0 Å². The third-order valence-corrected chi connectivity index (χ3v) is 3.46. The first kappa shape index (κ1) is 36.3. The summed E-state index contributed by atoms with van der Waals surface area (Å²) >= 11 is 0. The van der Waals surface area contributed by atoms with Gasteiger partial charge in [-0.15, -0.1) is 0 Å². The molecule has 0 fully saturated rings. The number of aromatic amines is 1. The summed E-state index contributed by atoms with van der Waals surface area (Å²) < 4.78 is 30.3. The predicted octanol–water partition coefficient (Wildman–Crippen LogP) is -10.9. The first-order valence-electron chi connectivity index (χ1n) is 5.45. The number of hydrogen-bond acceptors (Lipinski definition) is 8. The molecule has 0 aliphatic heterocycles. The molecule has 138 valence electrons. The van der Waals surface area contributed by atoms with E-state index in [1.54, 1.807) is 0 Å². The van der Waals surface area contributed by atoms with Gasteiger partial charge in [0.15, 0.2) is 0 Å². The van der Waals surface area contributed by atoms with E-state index in [1.807, 2.05) is 30.5 Å². The summed E-state index contributed by atoms with van der Waals surface area (Å²) in [5.74, 6) is 0. The van der Waals surface area contributed by atoms with E-state index in [0.29, 0.717) is 0 Å². The van der Waals surface area contributed by atoms with Crippen molar-refractivity contribution in [3.05, 3.63) is 30.5 Å². The zero-order valence-corrected chi connectivity index (χ0v) is 23.1. The molecule has 0 radical (unpaired) electrons. The number of anilines is 1. The van der Waals surface area contributed by atoms with E-state index < -0.39 is 23.5 Å². The van der Waals surface area contributed by atoms with Crippen molar-refractivity contribution >= 4 is 40.1 Å². The second kappa shape index (κ2) is 15.7. The molecular weight excluding hydrogens is 462 g/mol. The molecule has 7 N–H and O–H groups in total. The number of rotatable bonds is 2. The number of hydrogen-bond donors (Lipinski definition) is 6. The third kappa shape index (κ3) is 24.1. The molecule has 27 heavy (non-hydrogen) atoms. The molecule has 0 aliphatic carbocycles. The minimum atomic E-state index is -5.61. The fourth-order valence-electron chi connectivity index (χ4n) is 1.24. The van der Waals surface area contributed by atoms with Gasteiger partial charge >= 0.3 is 96.5 Å². The fraction of sp³-hybridized carbons (Fsp3) is 0. The molecule has 13 nitrogen and oxygen atoms in total. The Bertz CT molecular complexity index is 773. The molecule has 1 aromatic heterocycles. The maximum absolute atomic E-state index is 9.44. The number of fused-ring (bicyclic) bond motifs is 1. The Morgan fingerprint density at radius 3 is 1.67 bits per heavy atom. The van der Waals surface area contributed by atoms with Gasteiger partial charge in [0.1, 0.15) is 0 Å². The Labute approximate surface area is 219 Å². The number of benzene rings is 1. The van der Waals surface area contributed by atoms with Gasteiger partial charge in [-0.05, 0) is 18.2 Å². The van der Waals surface area contributed by atoms with Crippen LogP contribution in [0.5, 0.6) is 0 Å². The van der Waals surface area contributed by atoms with E-state index in [2.05, 4.69) is 9.29 Å². The normalized spacial score (nSPS) is 12.4. The number of nitrogens with two attached hydrogens (primary N) is 1. The molecule has 2 rings (SSSR count). The number of phosphoric acid groups is 3. The van der Waals surface area contributed by atoms with Crippen molar-refractivity contribution in [1.82, 2.24) is 4.98 Å². The number of nitrogen functional groups attached to an aromatic ring is 1. The van der Waals surface area contributed by atoms with Crippen LogP contribution in [0.3, 0.4) is 0 Å². The van der Waals surface area contributed by atoms with Crippen LogP contribution in [-0.4, -0.2) is 24.6 Å². The molecule has 0 aliphatic rings. The van der Waals surface area contributed by atoms with Crippen molar-refractivity contribution in [1.29, 1.82) is 0 Å². The van der Waals surface area contributed by atoms with Crippen LogP contribution in [0.25, 0.3) is 10.9 Å². The van der Waals surface area contributed by atoms with E-state index in [4.69, 9.17) is 29.9 Å². The largest absolute Gasteiger partial charge is 1.00 e. The van der Waals surface area contributed by atoms with E-state index in [9.17, 15) is 23.8 Å². The minimum Gasteiger partial charge on any atom is -0.790 e. The van der Waals surface area contributed by atoms with Gasteiger partial charge in [-0.3, -0.25) is 8.88 Å². The molecule has 0 spiro atoms. The van der Waals surface area contributed by atoms with Crippen LogP contribution in [-0.2, 0) is 18.0 Å². The zero-order chi connectivity index (χ0) is 19.2. The fourth-order valence-corrected chi connectivity index (χ4v) is 2.25. The Morgan fingerprint density at radius 2 is 1.37 bits per heavy atom. The molecule has 0 saturated heterocycles. The Kier molecular flexibility index (Phi) is 21.1. The summed E-state index contributed by atoms with van der Waals surface area (Å²) in [4.78, 5) is 60.4. The maximum atomic E-state index is 9.44. The molecule has 19 heteroatoms. The minimum absolute atomic E-state index is 0. The second-order valence-corrected chi connectivity index (χ2v) is 7.31. The molecule has 2 aromatic rings. The van der Waals surface area contributed by atoms with Gasteiger partial charge in [0.2, 0.25) is 0 Å². The quantitative estimate of drug-likeness (QED) is 0.135. The molecule has 1 aromatic carbocycles. The van der Waals surface area contributed by atoms with Gasteiger partial charge in [-0.1, -0.05) is 6.07 Å². The average molecular weight is 474 g/mol. The standard InChI is InChI=1S/C8H8N2.3Na.H4O7P2.H3O4P/c9-7-2-1-3-8-6(7)4-5-10-8;;;;1-8(2,3)7-9(4,5)6;1-5(2,3)4/h1-5,10H,9H2;;;;(H2,1,2,3)(H2,4,5,6);(H3,1,2,3,4)/q;3*+1;;/p-3. The monoisotopic (exact) mass is 474 g/mol. The van der Waals surface area contributed by atoms with Crippen molar-refractivity contribution in [3.8, 4) is 0 Å². The van der Waals surface area contributed by atoms with Crippen LogP contribution in [0, 0.1) is 0 Å². The van der Waals surface area contributed by atoms with Crippen LogP contribution in [0.1, 0.15) is 0 Å². The number of H-pyrrole nitrogens is 1. The predicted molar refractivity (Wildman–Crippen MR) is 75.5 cm³/mol. The van der Waals surface area contributed by atoms with Crippen molar-refractivity contribution < 1.29 is 141 Å². The first-order chi connectivity index (χ1) is 10.6. The zero-order valence-electron chi connectivity index (χ0n) is 14.5. The number of nitrogens with one attached hydrogen (secondary N) is 1. The van der Waals surface area contributed by atoms with Crippen LogP contribution in [0.2, 0.25) is 0 Å². The summed E-state index contributed by atoms with van der Waals surface area (Å²) in [6.07, 6.45) is 1.89. The van der Waals surface area contributed by atoms with Crippen molar-refractivity contribution in [2.45, 2.75) is 0 Å². The van der Waals surface area contributed by atoms with Crippen LogP contribution < -0.4 is 109 Å². The average Bonchev–Trinajstić information content (AvgIpc) is 2.71. The molecule has 1 atom stereocenters. The first-order valence-corrected chi connectivity index (χ1v) is 9.98. The molecule has 1 unspecified atom stereocenters. The van der Waals surface area contributed by atoms with Crippen LogP contribution in [0.15, 0.2) is 30.5 Å². The summed E-state index contributed by atoms with van der Waals surface area (Å²) in [5.41, 5.74) is 7.61. The second-order valence-electron chi connectivity index (χ2n) is 3.80. The van der Waals surface area contributed by atoms with Crippen molar-refractivity contribution in [2.75, 3.05) is 5.73 Å². The molecule has 0 amide bonds. The molecular formula is C8H12N2Na3O11P3. The Hall–Kier alpha value is 1.93. The van der Waals surface area contributed by atoms with Gasteiger partial charge in [0, 0.05) is 22.8 Å². The summed E-state index contributed by atoms with van der Waals surface area (Å²) in [5, 5.41) is 1.10. The van der Waals surface area contributed by atoms with Crippen molar-refractivity contribution in [3.63, 3.8) is 0 Å². The Balaban J connectivity index is -0.000000146. The smallest absolute Gasteiger partial charge is 0.790 e. The third-order valence-electron chi connectivity index (χ3n) is 1.83.